The van der Waals surface area contributed by atoms with Crippen molar-refractivity contribution in [3.8, 4) is 0 Å². The average Bonchev–Trinajstić information content (AvgIpc) is 3.53. The van der Waals surface area contributed by atoms with Gasteiger partial charge in [0.2, 0.25) is 5.91 Å². The highest BCUT2D eigenvalue weighted by atomic mass is 35.5. The summed E-state index contributed by atoms with van der Waals surface area (Å²) in [7, 11) is 5.03. The maximum absolute atomic E-state index is 12.9. The Labute approximate surface area is 260 Å². The normalized spacial score (nSPS) is 10.7. The van der Waals surface area contributed by atoms with Gasteiger partial charge in [-0.1, -0.05) is 0 Å². The number of quaternary nitrogens is 2. The number of amides is 4. The molecule has 0 spiro atoms. The summed E-state index contributed by atoms with van der Waals surface area (Å²) < 4.78 is 4.73. The molecule has 14 N–H and O–H groups in total. The molecule has 1 unspecified atom stereocenters. The highest BCUT2D eigenvalue weighted by molar-refractivity contribution is 6.07. The van der Waals surface area contributed by atoms with Gasteiger partial charge in [0.1, 0.15) is 29.5 Å². The number of hydrogen-bond acceptors (Lipinski definition) is 5. The third kappa shape index (κ3) is 9.61. The zero-order valence-electron chi connectivity index (χ0n) is 23.3. The number of nitrogens with zero attached hydrogens (tertiary/aromatic N) is 3. The van der Waals surface area contributed by atoms with Gasteiger partial charge in [-0.3, -0.25) is 24.9 Å². The van der Waals surface area contributed by atoms with Gasteiger partial charge in [-0.05, 0) is 18.2 Å². The highest BCUT2D eigenvalue weighted by Gasteiger charge is 2.20. The van der Waals surface area contributed by atoms with Crippen LogP contribution in [0.2, 0.25) is 0 Å². The van der Waals surface area contributed by atoms with Crippen molar-refractivity contribution < 1.29 is 73.3 Å². The number of carbonyl (C=O) groups is 4. The second-order valence-corrected chi connectivity index (χ2v) is 9.13. The van der Waals surface area contributed by atoms with Crippen molar-refractivity contribution in [1.29, 1.82) is 0 Å². The van der Waals surface area contributed by atoms with E-state index in [9.17, 15) is 19.2 Å². The topological polar surface area (TPSA) is 238 Å². The fraction of sp³-hybridized carbons (Fsp3) is 0.292. The number of nitrogens with one attached hydrogen (secondary N) is 4. The van der Waals surface area contributed by atoms with Crippen molar-refractivity contribution in [2.45, 2.75) is 12.5 Å². The summed E-state index contributed by atoms with van der Waals surface area (Å²) in [4.78, 5) is 50.3. The molecule has 0 bridgehead atoms. The van der Waals surface area contributed by atoms with E-state index in [0.29, 0.717) is 41.6 Å². The van der Waals surface area contributed by atoms with Crippen LogP contribution in [0.1, 0.15) is 37.9 Å². The minimum atomic E-state index is -0.752. The number of rotatable bonds is 11. The summed E-state index contributed by atoms with van der Waals surface area (Å²) in [6, 6.07) is 3.86. The molecule has 4 amide bonds. The summed E-state index contributed by atoms with van der Waals surface area (Å²) in [6.45, 7) is 0.588. The Bertz CT molecular complexity index is 1430. The van der Waals surface area contributed by atoms with E-state index in [-0.39, 0.29) is 61.1 Å². The molecule has 18 heteroatoms. The quantitative estimate of drug-likeness (QED) is 0.0745. The monoisotopic (exact) mass is 647 g/mol. The smallest absolute Gasteiger partial charge is 0.331 e. The molecule has 0 saturated heterocycles. The maximum Gasteiger partial charge on any atom is 0.331 e. The van der Waals surface area contributed by atoms with Gasteiger partial charge in [-0.25, -0.2) is 5.41 Å². The van der Waals surface area contributed by atoms with Gasteiger partial charge in [-0.15, -0.1) is 0 Å². The number of anilines is 3. The fourth-order valence-electron chi connectivity index (χ4n) is 3.76. The predicted molar refractivity (Wildman–Crippen MR) is 143 cm³/mol. The van der Waals surface area contributed by atoms with Crippen molar-refractivity contribution in [1.82, 2.24) is 19.0 Å². The Morgan fingerprint density at radius 1 is 0.786 bits per heavy atom. The summed E-state index contributed by atoms with van der Waals surface area (Å²) in [6.07, 6.45) is 5.27. The van der Waals surface area contributed by atoms with Crippen LogP contribution in [-0.2, 0) is 25.9 Å². The molecule has 0 radical (unpaired) electrons. The molecule has 0 aliphatic carbocycles. The van der Waals surface area contributed by atoms with Crippen molar-refractivity contribution in [3.63, 3.8) is 0 Å². The van der Waals surface area contributed by atoms with Crippen molar-refractivity contribution in [2.24, 2.45) is 26.9 Å². The first-order chi connectivity index (χ1) is 18.4. The lowest BCUT2D eigenvalue weighted by atomic mass is 10.3. The van der Waals surface area contributed by atoms with E-state index in [0.717, 1.165) is 0 Å². The molecule has 3 aromatic rings. The molecule has 3 rings (SSSR count). The van der Waals surface area contributed by atoms with Gasteiger partial charge < -0.3 is 83.7 Å². The number of aryl methyl sites for hydroxylation is 3. The molecule has 15 nitrogen and oxygen atoms in total. The van der Waals surface area contributed by atoms with Gasteiger partial charge in [0.15, 0.2) is 0 Å². The van der Waals surface area contributed by atoms with Gasteiger partial charge in [0.25, 0.3) is 17.7 Å². The first kappa shape index (κ1) is 38.1. The van der Waals surface area contributed by atoms with Gasteiger partial charge >= 0.3 is 5.84 Å². The minimum Gasteiger partial charge on any atom is -1.00 e. The molecule has 3 heterocycles. The van der Waals surface area contributed by atoms with Crippen LogP contribution < -0.4 is 81.1 Å². The Morgan fingerprint density at radius 3 is 1.55 bits per heavy atom. The summed E-state index contributed by atoms with van der Waals surface area (Å²) in [5.74, 6) is -1.10. The molecular weight excluding hydrogens is 613 g/mol. The summed E-state index contributed by atoms with van der Waals surface area (Å²) >= 11 is 0. The number of aromatic nitrogens is 3. The molecular formula is C24H36Cl3N11O4. The lowest BCUT2D eigenvalue weighted by Gasteiger charge is -2.06. The molecule has 0 fully saturated rings. The standard InChI is InChI=1S/C24H33N11O4.3ClH/c1-33-11-14(6-17(33)22(37)29-5-4-20(27)28)31-24(39)19-8-15(12-35(19)3)32-23(38)18-7-13(10-34(18)2)30-21(36)16(26)9-25;;;/h6-8,10-12,16H,4-5,9,25-26H2,1-3H3,(H3,27,28)(H,29,37)(H,30,36)(H,31,39)(H,32,38);3*1H. The van der Waals surface area contributed by atoms with Gasteiger partial charge in [-0.2, -0.15) is 0 Å². The van der Waals surface area contributed by atoms with Crippen molar-refractivity contribution >= 4 is 46.5 Å². The van der Waals surface area contributed by atoms with Crippen LogP contribution in [0.3, 0.4) is 0 Å². The molecule has 0 saturated carbocycles. The summed E-state index contributed by atoms with van der Waals surface area (Å²) in [5, 5.41) is 16.4. The molecule has 0 aliphatic heterocycles. The van der Waals surface area contributed by atoms with E-state index >= 15 is 0 Å². The average molecular weight is 649 g/mol. The van der Waals surface area contributed by atoms with E-state index in [4.69, 9.17) is 11.1 Å². The molecule has 0 aromatic carbocycles. The zero-order chi connectivity index (χ0) is 28.9. The highest BCUT2D eigenvalue weighted by Crippen LogP contribution is 2.19. The summed E-state index contributed by atoms with van der Waals surface area (Å²) in [5.41, 5.74) is 15.1. The minimum absolute atomic E-state index is 0. The number of halogens is 3. The van der Waals surface area contributed by atoms with Crippen molar-refractivity contribution in [3.05, 3.63) is 53.9 Å². The van der Waals surface area contributed by atoms with Crippen LogP contribution in [0.4, 0.5) is 17.1 Å². The number of nitrogens with two attached hydrogens (primary N) is 2. The molecule has 1 atom stereocenters. The maximum atomic E-state index is 12.9. The predicted octanol–water partition coefficient (Wildman–Crippen LogP) is -12.8. The SMILES string of the molecule is Cn1cc(NC(=O)c2cc(NC(=O)c3cc(NC(=O)C(N)C[NH3+])cn3C)cn2C)cc1C(=O)NCCC(=[NH2+])[NH3+].[Cl-].[Cl-].[Cl-]. The van der Waals surface area contributed by atoms with Crippen LogP contribution >= 0.6 is 0 Å². The Morgan fingerprint density at radius 2 is 1.17 bits per heavy atom. The zero-order valence-corrected chi connectivity index (χ0v) is 25.6. The van der Waals surface area contributed by atoms with E-state index in [2.05, 4.69) is 32.7 Å². The Hall–Kier alpha value is -3.86. The van der Waals surface area contributed by atoms with Crippen LogP contribution in [0, 0.1) is 0 Å². The van der Waals surface area contributed by atoms with Crippen molar-refractivity contribution in [2.75, 3.05) is 29.0 Å². The van der Waals surface area contributed by atoms with Crippen LogP contribution in [0.5, 0.6) is 0 Å². The number of hydrogen-bond donors (Lipinski definition) is 8. The van der Waals surface area contributed by atoms with E-state index in [1.807, 2.05) is 0 Å². The number of carbonyl (C=O) groups excluding carboxylic acids is 4. The second-order valence-electron chi connectivity index (χ2n) is 9.13. The molecule has 232 valence electrons. The van der Waals surface area contributed by atoms with E-state index in [1.54, 1.807) is 59.5 Å². The van der Waals surface area contributed by atoms with Gasteiger partial charge in [0.05, 0.1) is 23.6 Å². The largest absolute Gasteiger partial charge is 1.00 e. The van der Waals surface area contributed by atoms with E-state index in [1.165, 1.54) is 12.1 Å². The third-order valence-corrected chi connectivity index (χ3v) is 5.88. The lowest BCUT2D eigenvalue weighted by molar-refractivity contribution is -0.368. The van der Waals surface area contributed by atoms with Gasteiger partial charge in [0, 0.05) is 46.3 Å². The lowest BCUT2D eigenvalue weighted by Crippen LogP contribution is -3.00. The molecule has 42 heavy (non-hydrogen) atoms. The number of amidine groups is 1. The van der Waals surface area contributed by atoms with Crippen LogP contribution in [0.25, 0.3) is 0 Å². The first-order valence-electron chi connectivity index (χ1n) is 12.1. The fourth-order valence-corrected chi connectivity index (χ4v) is 3.76. The van der Waals surface area contributed by atoms with Crippen LogP contribution in [0.15, 0.2) is 36.8 Å². The molecule has 0 aliphatic rings. The third-order valence-electron chi connectivity index (χ3n) is 5.88. The van der Waals surface area contributed by atoms with Crippen LogP contribution in [-0.4, -0.2) is 62.3 Å². The molecule has 3 aromatic heterocycles. The Kier molecular flexibility index (Phi) is 15.0. The van der Waals surface area contributed by atoms with E-state index < -0.39 is 23.8 Å². The Balaban J connectivity index is 0.00000560. The second kappa shape index (κ2) is 16.5. The first-order valence-corrected chi connectivity index (χ1v) is 12.1.